The van der Waals surface area contributed by atoms with E-state index in [-0.39, 0.29) is 5.92 Å². The van der Waals surface area contributed by atoms with Gasteiger partial charge in [0.15, 0.2) is 5.82 Å². The van der Waals surface area contributed by atoms with E-state index in [1.807, 2.05) is 28.2 Å². The van der Waals surface area contributed by atoms with Gasteiger partial charge in [0.1, 0.15) is 12.0 Å². The maximum atomic E-state index is 12.7. The fraction of sp³-hybridized carbons (Fsp3) is 0.625. The van der Waals surface area contributed by atoms with Gasteiger partial charge < -0.3 is 9.47 Å². The zero-order valence-electron chi connectivity index (χ0n) is 13.7. The fourth-order valence-electron chi connectivity index (χ4n) is 3.89. The van der Waals surface area contributed by atoms with Crippen molar-refractivity contribution in [1.29, 1.82) is 0 Å². The maximum Gasteiger partial charge on any atom is 0.225 e. The van der Waals surface area contributed by atoms with Crippen LogP contribution < -0.4 is 0 Å². The molecule has 1 aliphatic heterocycles. The number of aryl methyl sites for hydroxylation is 2. The van der Waals surface area contributed by atoms with Crippen molar-refractivity contribution >= 4 is 5.91 Å². The van der Waals surface area contributed by atoms with E-state index < -0.39 is 0 Å². The fourth-order valence-corrected chi connectivity index (χ4v) is 3.89. The summed E-state index contributed by atoms with van der Waals surface area (Å²) >= 11 is 0. The third-order valence-electron chi connectivity index (χ3n) is 5.18. The first-order valence-corrected chi connectivity index (χ1v) is 8.33. The molecule has 7 heteroatoms. The second-order valence-electron chi connectivity index (χ2n) is 6.65. The van der Waals surface area contributed by atoms with Crippen molar-refractivity contribution in [2.75, 3.05) is 6.54 Å². The van der Waals surface area contributed by atoms with Crippen LogP contribution in [0.2, 0.25) is 0 Å². The SMILES string of the molecule is Cn1cnnc1-c1nn(C)c2c1CN(C(=O)C1CCCC1)CC2. The van der Waals surface area contributed by atoms with Crippen LogP contribution in [-0.4, -0.2) is 41.9 Å². The van der Waals surface area contributed by atoms with Crippen LogP contribution in [0.5, 0.6) is 0 Å². The van der Waals surface area contributed by atoms with Gasteiger partial charge in [-0.25, -0.2) is 0 Å². The monoisotopic (exact) mass is 314 g/mol. The Balaban J connectivity index is 1.66. The van der Waals surface area contributed by atoms with Gasteiger partial charge in [0.05, 0.1) is 0 Å². The van der Waals surface area contributed by atoms with Gasteiger partial charge in [-0.05, 0) is 12.8 Å². The first-order valence-electron chi connectivity index (χ1n) is 8.33. The predicted octanol–water partition coefficient (Wildman–Crippen LogP) is 1.29. The summed E-state index contributed by atoms with van der Waals surface area (Å²) in [6, 6.07) is 0. The summed E-state index contributed by atoms with van der Waals surface area (Å²) in [5.41, 5.74) is 3.19. The Morgan fingerprint density at radius 1 is 1.26 bits per heavy atom. The summed E-state index contributed by atoms with van der Waals surface area (Å²) < 4.78 is 3.80. The average Bonchev–Trinajstić information content (AvgIpc) is 3.27. The van der Waals surface area contributed by atoms with Crippen molar-refractivity contribution in [3.63, 3.8) is 0 Å². The summed E-state index contributed by atoms with van der Waals surface area (Å²) in [6.45, 7) is 1.43. The second kappa shape index (κ2) is 5.47. The zero-order chi connectivity index (χ0) is 16.0. The highest BCUT2D eigenvalue weighted by Crippen LogP contribution is 2.32. The highest BCUT2D eigenvalue weighted by Gasteiger charge is 2.32. The van der Waals surface area contributed by atoms with Crippen molar-refractivity contribution in [1.82, 2.24) is 29.4 Å². The molecule has 1 aliphatic carbocycles. The molecular weight excluding hydrogens is 292 g/mol. The number of carbonyl (C=O) groups excluding carboxylic acids is 1. The molecule has 1 fully saturated rings. The Bertz CT molecular complexity index is 740. The number of rotatable bonds is 2. The number of amides is 1. The third-order valence-corrected chi connectivity index (χ3v) is 5.18. The summed E-state index contributed by atoms with van der Waals surface area (Å²) in [5, 5.41) is 12.8. The standard InChI is InChI=1S/C16H22N6O/c1-20-10-17-18-15(20)14-12-9-22(8-7-13(12)21(2)19-14)16(23)11-5-3-4-6-11/h10-11H,3-9H2,1-2H3. The Hall–Kier alpha value is -2.18. The molecule has 0 unspecified atom stereocenters. The molecule has 0 spiro atoms. The van der Waals surface area contributed by atoms with E-state index in [9.17, 15) is 4.79 Å². The van der Waals surface area contributed by atoms with Crippen LogP contribution in [0, 0.1) is 5.92 Å². The van der Waals surface area contributed by atoms with Crippen LogP contribution in [0.1, 0.15) is 36.9 Å². The van der Waals surface area contributed by atoms with Crippen molar-refractivity contribution in [3.05, 3.63) is 17.6 Å². The molecule has 3 heterocycles. The van der Waals surface area contributed by atoms with Crippen molar-refractivity contribution in [2.24, 2.45) is 20.0 Å². The van der Waals surface area contributed by atoms with Crippen LogP contribution in [-0.2, 0) is 31.9 Å². The lowest BCUT2D eigenvalue weighted by atomic mass is 10.0. The van der Waals surface area contributed by atoms with E-state index in [1.54, 1.807) is 6.33 Å². The van der Waals surface area contributed by atoms with Crippen molar-refractivity contribution < 1.29 is 4.79 Å². The van der Waals surface area contributed by atoms with Crippen LogP contribution in [0.4, 0.5) is 0 Å². The molecule has 2 aliphatic rings. The van der Waals surface area contributed by atoms with Gasteiger partial charge in [0.2, 0.25) is 5.91 Å². The molecule has 122 valence electrons. The number of hydrogen-bond acceptors (Lipinski definition) is 4. The molecular formula is C16H22N6O. The highest BCUT2D eigenvalue weighted by atomic mass is 16.2. The van der Waals surface area contributed by atoms with Gasteiger partial charge in [-0.1, -0.05) is 12.8 Å². The molecule has 0 N–H and O–H groups in total. The van der Waals surface area contributed by atoms with Crippen molar-refractivity contribution in [3.8, 4) is 11.5 Å². The van der Waals surface area contributed by atoms with Gasteiger partial charge >= 0.3 is 0 Å². The summed E-state index contributed by atoms with van der Waals surface area (Å²) in [6.07, 6.45) is 7.01. The van der Waals surface area contributed by atoms with Crippen LogP contribution in [0.3, 0.4) is 0 Å². The lowest BCUT2D eigenvalue weighted by molar-refractivity contribution is -0.136. The van der Waals surface area contributed by atoms with Crippen LogP contribution >= 0.6 is 0 Å². The Morgan fingerprint density at radius 3 is 2.74 bits per heavy atom. The molecule has 0 bridgehead atoms. The van der Waals surface area contributed by atoms with Gasteiger partial charge in [-0.15, -0.1) is 10.2 Å². The zero-order valence-corrected chi connectivity index (χ0v) is 13.7. The summed E-state index contributed by atoms with van der Waals surface area (Å²) in [7, 11) is 3.88. The first-order chi connectivity index (χ1) is 11.1. The Morgan fingerprint density at radius 2 is 2.04 bits per heavy atom. The van der Waals surface area contributed by atoms with E-state index in [0.29, 0.717) is 12.5 Å². The number of aromatic nitrogens is 5. The molecule has 0 saturated heterocycles. The molecule has 4 rings (SSSR count). The molecule has 1 saturated carbocycles. The normalized spacial score (nSPS) is 18.4. The Labute approximate surface area is 135 Å². The van der Waals surface area contributed by atoms with Gasteiger partial charge in [0.25, 0.3) is 0 Å². The number of carbonyl (C=O) groups is 1. The lowest BCUT2D eigenvalue weighted by Gasteiger charge is -2.29. The highest BCUT2D eigenvalue weighted by molar-refractivity contribution is 5.79. The molecule has 0 radical (unpaired) electrons. The summed E-state index contributed by atoms with van der Waals surface area (Å²) in [5.74, 6) is 1.31. The smallest absolute Gasteiger partial charge is 0.225 e. The predicted molar refractivity (Wildman–Crippen MR) is 84.3 cm³/mol. The van der Waals surface area contributed by atoms with Crippen LogP contribution in [0.25, 0.3) is 11.5 Å². The number of fused-ring (bicyclic) bond motifs is 1. The molecule has 2 aromatic heterocycles. The van der Waals surface area contributed by atoms with Crippen molar-refractivity contribution in [2.45, 2.75) is 38.6 Å². The molecule has 0 aromatic carbocycles. The van der Waals surface area contributed by atoms with Gasteiger partial charge in [-0.2, -0.15) is 5.10 Å². The van der Waals surface area contributed by atoms with Crippen LogP contribution in [0.15, 0.2) is 6.33 Å². The van der Waals surface area contributed by atoms with E-state index in [1.165, 1.54) is 18.5 Å². The summed E-state index contributed by atoms with van der Waals surface area (Å²) in [4.78, 5) is 14.8. The minimum atomic E-state index is 0.228. The van der Waals surface area contributed by atoms with E-state index in [2.05, 4.69) is 15.3 Å². The first kappa shape index (κ1) is 14.4. The van der Waals surface area contributed by atoms with Gasteiger partial charge in [-0.3, -0.25) is 9.48 Å². The van der Waals surface area contributed by atoms with E-state index in [4.69, 9.17) is 0 Å². The largest absolute Gasteiger partial charge is 0.338 e. The number of nitrogens with zero attached hydrogens (tertiary/aromatic N) is 6. The minimum absolute atomic E-state index is 0.228. The molecule has 0 atom stereocenters. The molecule has 1 amide bonds. The minimum Gasteiger partial charge on any atom is -0.338 e. The molecule has 7 nitrogen and oxygen atoms in total. The van der Waals surface area contributed by atoms with E-state index >= 15 is 0 Å². The third kappa shape index (κ3) is 2.34. The maximum absolute atomic E-state index is 12.7. The second-order valence-corrected chi connectivity index (χ2v) is 6.65. The quantitative estimate of drug-likeness (QED) is 0.837. The molecule has 2 aromatic rings. The van der Waals surface area contributed by atoms with E-state index in [0.717, 1.165) is 42.9 Å². The lowest BCUT2D eigenvalue weighted by Crippen LogP contribution is -2.39. The van der Waals surface area contributed by atoms with Gasteiger partial charge in [0, 0.05) is 50.8 Å². The topological polar surface area (TPSA) is 68.8 Å². The average molecular weight is 314 g/mol. The number of hydrogen-bond donors (Lipinski definition) is 0. The molecule has 23 heavy (non-hydrogen) atoms. The Kier molecular flexibility index (Phi) is 3.43.